The van der Waals surface area contributed by atoms with Crippen LogP contribution in [0.2, 0.25) is 0 Å². The van der Waals surface area contributed by atoms with Gasteiger partial charge in [-0.3, -0.25) is 19.2 Å². The number of nitrogens with one attached hydrogen (secondary N) is 2. The number of nitrogens with zero attached hydrogens (tertiary/aromatic N) is 1. The smallest absolute Gasteiger partial charge is 0.251 e. The molecule has 0 aliphatic carbocycles. The molecule has 0 radical (unpaired) electrons. The van der Waals surface area contributed by atoms with Gasteiger partial charge in [-0.25, -0.2) is 8.42 Å². The van der Waals surface area contributed by atoms with Crippen molar-refractivity contribution < 1.29 is 18.0 Å². The Morgan fingerprint density at radius 1 is 1.28 bits per heavy atom. The highest BCUT2D eigenvalue weighted by atomic mass is 32.2. The maximum atomic E-state index is 12.4. The van der Waals surface area contributed by atoms with Crippen molar-refractivity contribution in [3.63, 3.8) is 0 Å². The van der Waals surface area contributed by atoms with Crippen molar-refractivity contribution >= 4 is 27.5 Å². The number of hydrogen-bond donors (Lipinski definition) is 3. The number of rotatable bonds is 7. The Morgan fingerprint density at radius 2 is 1.96 bits per heavy atom. The van der Waals surface area contributed by atoms with Gasteiger partial charge in [-0.2, -0.15) is 0 Å². The van der Waals surface area contributed by atoms with E-state index in [0.717, 1.165) is 12.8 Å². The van der Waals surface area contributed by atoms with Crippen molar-refractivity contribution in [2.45, 2.75) is 25.8 Å². The Morgan fingerprint density at radius 3 is 2.56 bits per heavy atom. The standard InChI is InChI=1S/C16H24N4O4S/c1-2-25(23,24)19-14-5-3-4-12(10-14)16(22)18-13-6-8-20(9-7-13)11-15(17)21/h3-5,10,13,19H,2,6-9,11H2,1H3,(H2,17,21)(H,18,22). The summed E-state index contributed by atoms with van der Waals surface area (Å²) in [5.74, 6) is -0.632. The molecule has 9 heteroatoms. The molecule has 1 fully saturated rings. The number of primary amides is 1. The van der Waals surface area contributed by atoms with Gasteiger partial charge >= 0.3 is 0 Å². The molecule has 0 aromatic heterocycles. The molecule has 0 saturated carbocycles. The van der Waals surface area contributed by atoms with E-state index in [1.165, 1.54) is 6.07 Å². The monoisotopic (exact) mass is 368 g/mol. The fraction of sp³-hybridized carbons (Fsp3) is 0.500. The van der Waals surface area contributed by atoms with Gasteiger partial charge < -0.3 is 11.1 Å². The lowest BCUT2D eigenvalue weighted by molar-refractivity contribution is -0.119. The SMILES string of the molecule is CCS(=O)(=O)Nc1cccc(C(=O)NC2CCN(CC(N)=O)CC2)c1. The molecule has 138 valence electrons. The minimum absolute atomic E-state index is 0.0209. The summed E-state index contributed by atoms with van der Waals surface area (Å²) in [5.41, 5.74) is 5.95. The lowest BCUT2D eigenvalue weighted by Gasteiger charge is -2.31. The van der Waals surface area contributed by atoms with Gasteiger partial charge in [0.15, 0.2) is 0 Å². The number of carbonyl (C=O) groups is 2. The molecule has 2 rings (SSSR count). The number of benzene rings is 1. The minimum atomic E-state index is -3.38. The first-order valence-electron chi connectivity index (χ1n) is 8.21. The van der Waals surface area contributed by atoms with E-state index in [1.807, 2.05) is 4.90 Å². The summed E-state index contributed by atoms with van der Waals surface area (Å²) >= 11 is 0. The van der Waals surface area contributed by atoms with Crippen LogP contribution >= 0.6 is 0 Å². The van der Waals surface area contributed by atoms with Crippen LogP contribution in [-0.2, 0) is 14.8 Å². The van der Waals surface area contributed by atoms with Crippen LogP contribution in [-0.4, -0.2) is 56.6 Å². The molecule has 0 atom stereocenters. The molecule has 4 N–H and O–H groups in total. The third-order valence-corrected chi connectivity index (χ3v) is 5.39. The molecular weight excluding hydrogens is 344 g/mol. The van der Waals surface area contributed by atoms with Crippen molar-refractivity contribution in [3.05, 3.63) is 29.8 Å². The number of sulfonamides is 1. The van der Waals surface area contributed by atoms with Gasteiger partial charge in [0.2, 0.25) is 15.9 Å². The van der Waals surface area contributed by atoms with Gasteiger partial charge in [-0.05, 0) is 38.0 Å². The lowest BCUT2D eigenvalue weighted by Crippen LogP contribution is -2.46. The predicted octanol–water partition coefficient (Wildman–Crippen LogP) is 0.128. The maximum Gasteiger partial charge on any atom is 0.251 e. The molecule has 0 spiro atoms. The van der Waals surface area contributed by atoms with Gasteiger partial charge in [0, 0.05) is 30.4 Å². The summed E-state index contributed by atoms with van der Waals surface area (Å²) in [6.45, 7) is 3.18. The summed E-state index contributed by atoms with van der Waals surface area (Å²) in [4.78, 5) is 25.3. The molecule has 1 aromatic carbocycles. The van der Waals surface area contributed by atoms with Gasteiger partial charge in [0.1, 0.15) is 0 Å². The van der Waals surface area contributed by atoms with Gasteiger partial charge in [0.05, 0.1) is 12.3 Å². The Balaban J connectivity index is 1.92. The van der Waals surface area contributed by atoms with Crippen LogP contribution in [0.25, 0.3) is 0 Å². The van der Waals surface area contributed by atoms with Crippen LogP contribution in [0.3, 0.4) is 0 Å². The highest BCUT2D eigenvalue weighted by Crippen LogP contribution is 2.15. The second kappa shape index (κ2) is 8.30. The summed E-state index contributed by atoms with van der Waals surface area (Å²) in [5, 5.41) is 2.95. The second-order valence-corrected chi connectivity index (χ2v) is 8.09. The van der Waals surface area contributed by atoms with Crippen molar-refractivity contribution in [1.82, 2.24) is 10.2 Å². The van der Waals surface area contributed by atoms with Crippen molar-refractivity contribution in [2.24, 2.45) is 5.73 Å². The number of carbonyl (C=O) groups excluding carboxylic acids is 2. The molecule has 25 heavy (non-hydrogen) atoms. The average Bonchev–Trinajstić information content (AvgIpc) is 2.56. The normalized spacial score (nSPS) is 16.4. The number of amides is 2. The third kappa shape index (κ3) is 6.02. The topological polar surface area (TPSA) is 122 Å². The zero-order valence-corrected chi connectivity index (χ0v) is 15.0. The highest BCUT2D eigenvalue weighted by Gasteiger charge is 2.22. The average molecular weight is 368 g/mol. The first kappa shape index (κ1) is 19.2. The summed E-state index contributed by atoms with van der Waals surface area (Å²) in [6, 6.07) is 6.42. The van der Waals surface area contributed by atoms with Crippen LogP contribution < -0.4 is 15.8 Å². The Hall–Kier alpha value is -2.13. The number of anilines is 1. The third-order valence-electron chi connectivity index (χ3n) is 4.08. The van der Waals surface area contributed by atoms with E-state index in [9.17, 15) is 18.0 Å². The van der Waals surface area contributed by atoms with Crippen LogP contribution in [0.4, 0.5) is 5.69 Å². The Kier molecular flexibility index (Phi) is 6.38. The largest absolute Gasteiger partial charge is 0.369 e. The van der Waals surface area contributed by atoms with Crippen molar-refractivity contribution in [3.8, 4) is 0 Å². The fourth-order valence-electron chi connectivity index (χ4n) is 2.70. The molecule has 1 aliphatic rings. The van der Waals surface area contributed by atoms with E-state index in [4.69, 9.17) is 5.73 Å². The lowest BCUT2D eigenvalue weighted by atomic mass is 10.0. The van der Waals surface area contributed by atoms with E-state index in [0.29, 0.717) is 24.3 Å². The molecule has 8 nitrogen and oxygen atoms in total. The van der Waals surface area contributed by atoms with E-state index in [1.54, 1.807) is 25.1 Å². The van der Waals surface area contributed by atoms with E-state index in [2.05, 4.69) is 10.0 Å². The summed E-state index contributed by atoms with van der Waals surface area (Å²) in [7, 11) is -3.38. The number of piperidine rings is 1. The van der Waals surface area contributed by atoms with Gasteiger partial charge in [-0.1, -0.05) is 6.07 Å². The molecule has 1 heterocycles. The Bertz CT molecular complexity index is 727. The quantitative estimate of drug-likeness (QED) is 0.631. The summed E-state index contributed by atoms with van der Waals surface area (Å²) in [6.07, 6.45) is 1.47. The molecule has 0 bridgehead atoms. The zero-order valence-electron chi connectivity index (χ0n) is 14.2. The molecule has 2 amide bonds. The first-order valence-corrected chi connectivity index (χ1v) is 9.86. The van der Waals surface area contributed by atoms with E-state index in [-0.39, 0.29) is 30.2 Å². The maximum absolute atomic E-state index is 12.4. The molecule has 1 aromatic rings. The van der Waals surface area contributed by atoms with Crippen molar-refractivity contribution in [2.75, 3.05) is 30.1 Å². The number of likely N-dealkylation sites (tertiary alicyclic amines) is 1. The van der Waals surface area contributed by atoms with Crippen LogP contribution in [0.1, 0.15) is 30.1 Å². The predicted molar refractivity (Wildman–Crippen MR) is 95.6 cm³/mol. The van der Waals surface area contributed by atoms with Crippen LogP contribution in [0, 0.1) is 0 Å². The van der Waals surface area contributed by atoms with Crippen molar-refractivity contribution in [1.29, 1.82) is 0 Å². The van der Waals surface area contributed by atoms with E-state index >= 15 is 0 Å². The van der Waals surface area contributed by atoms with E-state index < -0.39 is 10.0 Å². The first-order chi connectivity index (χ1) is 11.8. The second-order valence-electron chi connectivity index (χ2n) is 6.08. The van der Waals surface area contributed by atoms with Crippen LogP contribution in [0.15, 0.2) is 24.3 Å². The molecule has 0 unspecified atom stereocenters. The Labute approximate surface area is 147 Å². The number of hydrogen-bond acceptors (Lipinski definition) is 5. The number of nitrogens with two attached hydrogens (primary N) is 1. The van der Waals surface area contributed by atoms with Gasteiger partial charge in [-0.15, -0.1) is 0 Å². The van der Waals surface area contributed by atoms with Gasteiger partial charge in [0.25, 0.3) is 5.91 Å². The van der Waals surface area contributed by atoms with Crippen LogP contribution in [0.5, 0.6) is 0 Å². The molecule has 1 saturated heterocycles. The molecule has 1 aliphatic heterocycles. The minimum Gasteiger partial charge on any atom is -0.369 e. The summed E-state index contributed by atoms with van der Waals surface area (Å²) < 4.78 is 25.7. The fourth-order valence-corrected chi connectivity index (χ4v) is 3.33. The highest BCUT2D eigenvalue weighted by molar-refractivity contribution is 7.92. The molecular formula is C16H24N4O4S. The zero-order chi connectivity index (χ0) is 18.4.